The van der Waals surface area contributed by atoms with E-state index in [2.05, 4.69) is 10.1 Å². The first-order valence-corrected chi connectivity index (χ1v) is 6.51. The lowest BCUT2D eigenvalue weighted by atomic mass is 10.1. The minimum absolute atomic E-state index is 0.247. The third-order valence-electron chi connectivity index (χ3n) is 3.36. The fourth-order valence-electron chi connectivity index (χ4n) is 2.42. The van der Waals surface area contributed by atoms with Gasteiger partial charge in [0.15, 0.2) is 5.69 Å². The summed E-state index contributed by atoms with van der Waals surface area (Å²) in [5, 5.41) is 4.93. The minimum Gasteiger partial charge on any atom is -0.481 e. The van der Waals surface area contributed by atoms with Crippen LogP contribution in [0.3, 0.4) is 0 Å². The molecule has 1 aromatic carbocycles. The van der Waals surface area contributed by atoms with Crippen molar-refractivity contribution in [2.24, 2.45) is 0 Å². The van der Waals surface area contributed by atoms with Crippen LogP contribution in [0.5, 0.6) is 5.88 Å². The second-order valence-electron chi connectivity index (χ2n) is 4.65. The van der Waals surface area contributed by atoms with Gasteiger partial charge in [0.1, 0.15) is 0 Å². The van der Waals surface area contributed by atoms with Gasteiger partial charge in [-0.3, -0.25) is 0 Å². The van der Waals surface area contributed by atoms with Gasteiger partial charge in [0, 0.05) is 17.0 Å². The molecular weight excluding hydrogens is 307 g/mol. The normalized spacial score (nSPS) is 11.4. The van der Waals surface area contributed by atoms with Crippen LogP contribution in [0.4, 0.5) is 13.2 Å². The van der Waals surface area contributed by atoms with E-state index in [1.54, 1.807) is 18.2 Å². The molecule has 2 heterocycles. The third kappa shape index (κ3) is 2.38. The summed E-state index contributed by atoms with van der Waals surface area (Å²) in [5.74, 6) is 2.34. The molecule has 3 rings (SSSR count). The highest BCUT2D eigenvalue weighted by atomic mass is 19.4. The standard InChI is InChI=1S/C16H10F3N3O/c1-3-10-9-21-22(14(10)16(17,18)19)13-6-4-5-12-11(13)7-8-20-15(12)23-2/h1,4-9H,2H3. The number of halogens is 3. The lowest BCUT2D eigenvalue weighted by Crippen LogP contribution is -2.15. The largest absolute Gasteiger partial charge is 0.481 e. The Labute approximate surface area is 129 Å². The van der Waals surface area contributed by atoms with Crippen molar-refractivity contribution < 1.29 is 17.9 Å². The fourth-order valence-corrected chi connectivity index (χ4v) is 2.42. The molecule has 2 aromatic heterocycles. The SMILES string of the molecule is C#Cc1cnn(-c2cccc3c(OC)nccc23)c1C(F)(F)F. The number of aromatic nitrogens is 3. The van der Waals surface area contributed by atoms with Crippen molar-refractivity contribution in [3.05, 3.63) is 47.9 Å². The van der Waals surface area contributed by atoms with E-state index in [0.29, 0.717) is 16.7 Å². The highest BCUT2D eigenvalue weighted by Gasteiger charge is 2.38. The zero-order chi connectivity index (χ0) is 16.6. The summed E-state index contributed by atoms with van der Waals surface area (Å²) < 4.78 is 46.1. The van der Waals surface area contributed by atoms with Gasteiger partial charge in [-0.2, -0.15) is 18.3 Å². The molecule has 0 saturated carbocycles. The Morgan fingerprint density at radius 2 is 2.00 bits per heavy atom. The molecule has 0 saturated heterocycles. The zero-order valence-corrected chi connectivity index (χ0v) is 11.9. The molecule has 0 atom stereocenters. The summed E-state index contributed by atoms with van der Waals surface area (Å²) in [6.07, 6.45) is 3.03. The van der Waals surface area contributed by atoms with Crippen molar-refractivity contribution in [3.63, 3.8) is 0 Å². The molecule has 0 aliphatic carbocycles. The number of fused-ring (bicyclic) bond motifs is 1. The molecule has 0 fully saturated rings. The quantitative estimate of drug-likeness (QED) is 0.680. The van der Waals surface area contributed by atoms with Crippen molar-refractivity contribution in [3.8, 4) is 23.9 Å². The van der Waals surface area contributed by atoms with E-state index < -0.39 is 11.9 Å². The van der Waals surface area contributed by atoms with E-state index in [1.165, 1.54) is 19.4 Å². The molecule has 7 heteroatoms. The Morgan fingerprint density at radius 1 is 1.22 bits per heavy atom. The predicted molar refractivity (Wildman–Crippen MR) is 78.4 cm³/mol. The van der Waals surface area contributed by atoms with Crippen molar-refractivity contribution in [1.82, 2.24) is 14.8 Å². The Bertz CT molecular complexity index is 922. The Hall–Kier alpha value is -3.01. The molecule has 4 nitrogen and oxygen atoms in total. The molecular formula is C16H10F3N3O. The number of hydrogen-bond acceptors (Lipinski definition) is 3. The molecule has 116 valence electrons. The van der Waals surface area contributed by atoms with Gasteiger partial charge in [0.05, 0.1) is 24.6 Å². The highest BCUT2D eigenvalue weighted by molar-refractivity contribution is 5.93. The van der Waals surface area contributed by atoms with Crippen LogP contribution < -0.4 is 4.74 Å². The Kier molecular flexibility index (Phi) is 3.45. The van der Waals surface area contributed by atoms with E-state index in [1.807, 2.05) is 5.92 Å². The minimum atomic E-state index is -4.63. The Morgan fingerprint density at radius 3 is 2.65 bits per heavy atom. The lowest BCUT2D eigenvalue weighted by molar-refractivity contribution is -0.143. The average Bonchev–Trinajstić information content (AvgIpc) is 2.97. The van der Waals surface area contributed by atoms with Crippen LogP contribution in [-0.4, -0.2) is 21.9 Å². The predicted octanol–water partition coefficient (Wildman–Crippen LogP) is 3.43. The maximum atomic E-state index is 13.4. The van der Waals surface area contributed by atoms with E-state index in [9.17, 15) is 13.2 Å². The number of benzene rings is 1. The number of pyridine rings is 1. The van der Waals surface area contributed by atoms with Gasteiger partial charge >= 0.3 is 6.18 Å². The summed E-state index contributed by atoms with van der Waals surface area (Å²) in [4.78, 5) is 4.05. The molecule has 0 bridgehead atoms. The van der Waals surface area contributed by atoms with Gasteiger partial charge in [-0.05, 0) is 18.2 Å². The van der Waals surface area contributed by atoms with Crippen LogP contribution in [0.15, 0.2) is 36.7 Å². The first-order chi connectivity index (χ1) is 11.0. The van der Waals surface area contributed by atoms with Crippen molar-refractivity contribution in [2.75, 3.05) is 7.11 Å². The molecule has 0 spiro atoms. The maximum absolute atomic E-state index is 13.4. The topological polar surface area (TPSA) is 39.9 Å². The van der Waals surface area contributed by atoms with Gasteiger partial charge in [0.25, 0.3) is 0 Å². The highest BCUT2D eigenvalue weighted by Crippen LogP contribution is 2.35. The van der Waals surface area contributed by atoms with Crippen LogP contribution in [0, 0.1) is 12.3 Å². The second kappa shape index (κ2) is 5.32. The number of ether oxygens (including phenoxy) is 1. The first kappa shape index (κ1) is 14.9. The summed E-state index contributed by atoms with van der Waals surface area (Å²) in [7, 11) is 1.44. The number of hydrogen-bond donors (Lipinski definition) is 0. The second-order valence-corrected chi connectivity index (χ2v) is 4.65. The number of alkyl halides is 3. The lowest BCUT2D eigenvalue weighted by Gasteiger charge is -2.14. The van der Waals surface area contributed by atoms with Gasteiger partial charge in [0.2, 0.25) is 5.88 Å². The summed E-state index contributed by atoms with van der Waals surface area (Å²) in [5.41, 5.74) is -1.05. The summed E-state index contributed by atoms with van der Waals surface area (Å²) >= 11 is 0. The van der Waals surface area contributed by atoms with Crippen LogP contribution >= 0.6 is 0 Å². The molecule has 23 heavy (non-hydrogen) atoms. The number of terminal acetylenes is 1. The fraction of sp³-hybridized carbons (Fsp3) is 0.125. The van der Waals surface area contributed by atoms with Gasteiger partial charge in [-0.1, -0.05) is 12.0 Å². The van der Waals surface area contributed by atoms with Crippen LogP contribution in [0.25, 0.3) is 16.5 Å². The number of rotatable bonds is 2. The molecule has 0 amide bonds. The van der Waals surface area contributed by atoms with Crippen molar-refractivity contribution >= 4 is 10.8 Å². The van der Waals surface area contributed by atoms with E-state index in [4.69, 9.17) is 11.2 Å². The number of methoxy groups -OCH3 is 1. The smallest absolute Gasteiger partial charge is 0.434 e. The first-order valence-electron chi connectivity index (χ1n) is 6.51. The average molecular weight is 317 g/mol. The van der Waals surface area contributed by atoms with E-state index in [-0.39, 0.29) is 11.3 Å². The van der Waals surface area contributed by atoms with E-state index in [0.717, 1.165) is 10.9 Å². The monoisotopic (exact) mass is 317 g/mol. The van der Waals surface area contributed by atoms with Crippen molar-refractivity contribution in [1.29, 1.82) is 0 Å². The summed E-state index contributed by atoms with van der Waals surface area (Å²) in [6.45, 7) is 0. The van der Waals surface area contributed by atoms with Gasteiger partial charge in [-0.15, -0.1) is 6.42 Å². The molecule has 0 N–H and O–H groups in total. The third-order valence-corrected chi connectivity index (χ3v) is 3.36. The molecule has 0 aliphatic rings. The molecule has 0 radical (unpaired) electrons. The number of nitrogens with zero attached hydrogens (tertiary/aromatic N) is 3. The van der Waals surface area contributed by atoms with Crippen LogP contribution in [0.2, 0.25) is 0 Å². The van der Waals surface area contributed by atoms with Crippen LogP contribution in [0.1, 0.15) is 11.3 Å². The summed E-state index contributed by atoms with van der Waals surface area (Å²) in [6, 6.07) is 6.46. The zero-order valence-electron chi connectivity index (χ0n) is 11.9. The Balaban J connectivity index is 2.35. The van der Waals surface area contributed by atoms with Gasteiger partial charge in [-0.25, -0.2) is 9.67 Å². The van der Waals surface area contributed by atoms with Crippen LogP contribution in [-0.2, 0) is 6.18 Å². The molecule has 3 aromatic rings. The maximum Gasteiger partial charge on any atom is 0.434 e. The van der Waals surface area contributed by atoms with E-state index >= 15 is 0 Å². The molecule has 0 unspecified atom stereocenters. The van der Waals surface area contributed by atoms with Crippen molar-refractivity contribution in [2.45, 2.75) is 6.18 Å². The molecule has 0 aliphatic heterocycles. The van der Waals surface area contributed by atoms with Gasteiger partial charge < -0.3 is 4.74 Å².